The number of aliphatic hydroxyl groups excluding tert-OH is 2. The Labute approximate surface area is 337 Å². The summed E-state index contributed by atoms with van der Waals surface area (Å²) in [6.45, 7) is 12.1. The summed E-state index contributed by atoms with van der Waals surface area (Å²) in [6.07, 6.45) is 3.11. The number of phenolic OH excluding ortho intramolecular Hbond substituents is 1. The van der Waals surface area contributed by atoms with E-state index >= 15 is 0 Å². The number of allylic oxidation sites excluding steroid dienone is 2. The molecule has 6 rings (SSSR count). The quantitative estimate of drug-likeness (QED) is 0.0763. The number of rotatable bonds is 2. The zero-order valence-corrected chi connectivity index (χ0v) is 33.9. The molecule has 0 radical (unpaired) electrons. The van der Waals surface area contributed by atoms with Gasteiger partial charge in [0, 0.05) is 73.3 Å². The normalized spacial score (nSPS) is 30.2. The van der Waals surface area contributed by atoms with Gasteiger partial charge in [-0.05, 0) is 19.9 Å². The third-order valence-electron chi connectivity index (χ3n) is 11.4. The van der Waals surface area contributed by atoms with Gasteiger partial charge in [0.1, 0.15) is 28.6 Å². The van der Waals surface area contributed by atoms with Crippen LogP contribution < -0.4 is 15.5 Å². The molecule has 0 aliphatic carbocycles. The Balaban J connectivity index is 1.60. The van der Waals surface area contributed by atoms with Gasteiger partial charge >= 0.3 is 11.8 Å². The molecule has 0 unspecified atom stereocenters. The summed E-state index contributed by atoms with van der Waals surface area (Å²) in [5.74, 6) is -10.6. The van der Waals surface area contributed by atoms with E-state index in [9.17, 15) is 43.3 Å². The molecule has 3 heterocycles. The Bertz CT molecular complexity index is 2550. The van der Waals surface area contributed by atoms with E-state index in [0.29, 0.717) is 0 Å². The number of hydrogen-bond donors (Lipinski definition) is 4. The first-order chi connectivity index (χ1) is 27.7. The van der Waals surface area contributed by atoms with Crippen molar-refractivity contribution in [1.82, 2.24) is 4.98 Å². The van der Waals surface area contributed by atoms with E-state index in [1.165, 1.54) is 53.0 Å². The van der Waals surface area contributed by atoms with Crippen molar-refractivity contribution in [3.63, 3.8) is 0 Å². The highest BCUT2D eigenvalue weighted by Gasteiger charge is 2.49. The molecule has 16 heteroatoms. The standard InChI is InChI=1S/C43H46F2N2O12/c1-17-11-10-12-18(2)42(54)47-33-37(52)30-29(32-40(33)58-28-16-25(45)24(44)15-26(28)46-32)31-39(22(6)36(30)51)59-43(8,41(31)53)56-14-13-27(55-9)19(3)38(57-23(7)48)21(5)35(50)20(4)34(17)49/h10-17,19-21,27,34-35,38,49-50,52H,1-9H3,(H,47,54)/b11-10+,14-13+,18-12-/t17-,19+,20+,21+,27-,34-,35+,38+,43-/m0/s1. The van der Waals surface area contributed by atoms with Crippen molar-refractivity contribution in [2.75, 3.05) is 12.4 Å². The molecule has 9 atom stereocenters. The number of halogens is 2. The van der Waals surface area contributed by atoms with Crippen molar-refractivity contribution < 1.29 is 61.8 Å². The number of Topliss-reactive ketones (excluding diaryl/α,β-unsaturated/α-hetero) is 1. The predicted molar refractivity (Wildman–Crippen MR) is 212 cm³/mol. The van der Waals surface area contributed by atoms with Gasteiger partial charge in [-0.1, -0.05) is 45.9 Å². The topological polar surface area (TPSA) is 204 Å². The first-order valence-electron chi connectivity index (χ1n) is 19.0. The molecule has 0 spiro atoms. The number of nitrogens with zero attached hydrogens (tertiary/aromatic N) is 1. The lowest BCUT2D eigenvalue weighted by atomic mass is 9.78. The Morgan fingerprint density at radius 2 is 1.64 bits per heavy atom. The van der Waals surface area contributed by atoms with E-state index < -0.39 is 105 Å². The van der Waals surface area contributed by atoms with Crippen LogP contribution in [-0.2, 0) is 23.8 Å². The van der Waals surface area contributed by atoms with Gasteiger partial charge in [-0.3, -0.25) is 19.2 Å². The molecule has 14 nitrogen and oxygen atoms in total. The number of aromatic nitrogens is 1. The maximum atomic E-state index is 14.5. The number of nitrogens with one attached hydrogen (secondary N) is 1. The summed E-state index contributed by atoms with van der Waals surface area (Å²) in [6, 6.07) is 1.48. The number of ketones is 1. The second-order valence-corrected chi connectivity index (χ2v) is 15.5. The number of carbonyl (C=O) groups is 3. The summed E-state index contributed by atoms with van der Waals surface area (Å²) in [4.78, 5) is 59.1. The number of ether oxygens (including phenoxy) is 4. The van der Waals surface area contributed by atoms with Gasteiger partial charge in [-0.15, -0.1) is 0 Å². The third-order valence-corrected chi connectivity index (χ3v) is 11.4. The minimum atomic E-state index is -2.13. The number of carbonyl (C=O) groups excluding carboxylic acids is 3. The highest BCUT2D eigenvalue weighted by atomic mass is 19.2. The summed E-state index contributed by atoms with van der Waals surface area (Å²) < 4.78 is 58.4. The fourth-order valence-electron chi connectivity index (χ4n) is 7.80. The molecule has 1 aromatic heterocycles. The molecule has 4 bridgehead atoms. The van der Waals surface area contributed by atoms with Crippen LogP contribution in [0.25, 0.3) is 33.0 Å². The van der Waals surface area contributed by atoms with Crippen LogP contribution in [-0.4, -0.2) is 75.3 Å². The number of anilines is 1. The lowest BCUT2D eigenvalue weighted by Crippen LogP contribution is -2.46. The molecule has 0 fully saturated rings. The SMILES string of the molecule is CO[C@H]1/C=C/O[C@@]2(C)Oc3c(C)c(=O)c4c(O)c(c5oc6cc(F)c(F)cc6nc5c4c3C2=O)NC(=O)/C(C)=C\C=C\[C@H](C)[C@H](O)[C@@H](C)[C@@H](O)[C@@H](C)[C@H](OC(C)=O)[C@@H]1C. The third kappa shape index (κ3) is 7.56. The highest BCUT2D eigenvalue weighted by Crippen LogP contribution is 2.48. The number of aliphatic hydroxyl groups is 2. The van der Waals surface area contributed by atoms with Crippen LogP contribution in [0, 0.1) is 42.2 Å². The highest BCUT2D eigenvalue weighted by molar-refractivity contribution is 6.26. The summed E-state index contributed by atoms with van der Waals surface area (Å²) in [5.41, 5.74) is -2.69. The van der Waals surface area contributed by atoms with Gasteiger partial charge in [0.2, 0.25) is 0 Å². The predicted octanol–water partition coefficient (Wildman–Crippen LogP) is 6.28. The van der Waals surface area contributed by atoms with Gasteiger partial charge < -0.3 is 44.0 Å². The van der Waals surface area contributed by atoms with Crippen LogP contribution in [0.1, 0.15) is 64.4 Å². The maximum absolute atomic E-state index is 14.5. The molecule has 0 saturated carbocycles. The molecular formula is C43H46F2N2O12. The van der Waals surface area contributed by atoms with E-state index in [0.717, 1.165) is 18.4 Å². The second-order valence-electron chi connectivity index (χ2n) is 15.5. The minimum absolute atomic E-state index is 0.0801. The van der Waals surface area contributed by atoms with Crippen molar-refractivity contribution in [2.45, 2.75) is 85.6 Å². The Kier molecular flexibility index (Phi) is 11.7. The first-order valence-corrected chi connectivity index (χ1v) is 19.0. The second kappa shape index (κ2) is 16.2. The molecule has 3 aromatic carbocycles. The summed E-state index contributed by atoms with van der Waals surface area (Å²) in [5, 5.41) is 36.5. The molecule has 1 amide bonds. The molecule has 314 valence electrons. The largest absolute Gasteiger partial charge is 0.505 e. The maximum Gasteiger partial charge on any atom is 0.312 e. The van der Waals surface area contributed by atoms with E-state index in [1.807, 2.05) is 0 Å². The van der Waals surface area contributed by atoms with Crippen molar-refractivity contribution in [3.8, 4) is 11.5 Å². The van der Waals surface area contributed by atoms with E-state index in [4.69, 9.17) is 23.4 Å². The van der Waals surface area contributed by atoms with Crippen LogP contribution in [0.4, 0.5) is 14.5 Å². The molecule has 0 saturated heterocycles. The van der Waals surface area contributed by atoms with Crippen molar-refractivity contribution in [1.29, 1.82) is 0 Å². The Morgan fingerprint density at radius 3 is 2.31 bits per heavy atom. The first kappa shape index (κ1) is 42.9. The summed E-state index contributed by atoms with van der Waals surface area (Å²) >= 11 is 0. The minimum Gasteiger partial charge on any atom is -0.505 e. The average molecular weight is 821 g/mol. The number of aromatic hydroxyl groups is 1. The van der Waals surface area contributed by atoms with Gasteiger partial charge in [-0.2, -0.15) is 0 Å². The lowest BCUT2D eigenvalue weighted by Gasteiger charge is -2.38. The zero-order valence-electron chi connectivity index (χ0n) is 33.9. The lowest BCUT2D eigenvalue weighted by molar-refractivity contribution is -0.160. The zero-order chi connectivity index (χ0) is 43.4. The molecule has 2 aliphatic heterocycles. The number of amides is 1. The van der Waals surface area contributed by atoms with Crippen LogP contribution >= 0.6 is 0 Å². The fraction of sp³-hybridized carbons (Fsp3) is 0.419. The Morgan fingerprint density at radius 1 is 0.966 bits per heavy atom. The van der Waals surface area contributed by atoms with Gasteiger partial charge in [0.05, 0.1) is 35.5 Å². The molecular weight excluding hydrogens is 774 g/mol. The number of hydrogen-bond acceptors (Lipinski definition) is 13. The van der Waals surface area contributed by atoms with Gasteiger partial charge in [0.25, 0.3) is 11.7 Å². The molecule has 4 aromatic rings. The van der Waals surface area contributed by atoms with Crippen LogP contribution in [0.3, 0.4) is 0 Å². The monoisotopic (exact) mass is 820 g/mol. The summed E-state index contributed by atoms with van der Waals surface area (Å²) in [7, 11) is 1.40. The molecule has 59 heavy (non-hydrogen) atoms. The Hall–Kier alpha value is -5.71. The van der Waals surface area contributed by atoms with Gasteiger partial charge in [-0.25, -0.2) is 13.8 Å². The molecule has 4 N–H and O–H groups in total. The van der Waals surface area contributed by atoms with Gasteiger partial charge in [0.15, 0.2) is 34.0 Å². The van der Waals surface area contributed by atoms with E-state index in [2.05, 4.69) is 10.3 Å². The van der Waals surface area contributed by atoms with Crippen molar-refractivity contribution in [2.24, 2.45) is 23.7 Å². The number of fused-ring (bicyclic) bond motifs is 2. The van der Waals surface area contributed by atoms with E-state index in [-0.39, 0.29) is 50.0 Å². The smallest absolute Gasteiger partial charge is 0.312 e. The van der Waals surface area contributed by atoms with Crippen LogP contribution in [0.15, 0.2) is 57.5 Å². The van der Waals surface area contributed by atoms with Crippen molar-refractivity contribution >= 4 is 56.3 Å². The number of benzene rings is 3. The number of methoxy groups -OCH3 is 1. The van der Waals surface area contributed by atoms with Crippen LogP contribution in [0.5, 0.6) is 11.5 Å². The molecule has 2 aliphatic rings. The van der Waals surface area contributed by atoms with Crippen molar-refractivity contribution in [3.05, 3.63) is 81.3 Å². The number of esters is 1. The average Bonchev–Trinajstić information content (AvgIpc) is 3.45. The van der Waals surface area contributed by atoms with E-state index in [1.54, 1.807) is 33.8 Å². The van der Waals surface area contributed by atoms with Crippen LogP contribution in [0.2, 0.25) is 0 Å². The fourth-order valence-corrected chi connectivity index (χ4v) is 7.80. The number of phenols is 1.